The molecule has 1 aromatic carbocycles. The molecule has 2 atom stereocenters. The number of hydrogen-bond acceptors (Lipinski definition) is 8. The molecule has 5 heterocycles. The lowest BCUT2D eigenvalue weighted by atomic mass is 10.0. The molecular formula is C27H25ClF2N8O4. The van der Waals surface area contributed by atoms with E-state index in [0.29, 0.717) is 23.6 Å². The summed E-state index contributed by atoms with van der Waals surface area (Å²) in [5.41, 5.74) is 3.62. The van der Waals surface area contributed by atoms with Crippen LogP contribution in [-0.2, 0) is 18.4 Å². The van der Waals surface area contributed by atoms with Crippen LogP contribution in [0, 0.1) is 11.6 Å². The number of amides is 2. The minimum atomic E-state index is -1.71. The van der Waals surface area contributed by atoms with Gasteiger partial charge in [-0.15, -0.1) is 0 Å². The standard InChI is InChI=1S/C27H25ClF2N8O4/c1-35-7-13-3-12(35)8-38(13)19-5-18(17(28)6-32-19)34-20(39)10-37-9-16(21-26(37)33-11-36(2)27(21)42)14-4-15(25(31)41)24(40)23(30)22(14)29/h4-6,9,11-13,40H,3,7-8,10H2,1-2H3,(H2,31,41)(H,32,34,39). The second-order valence-corrected chi connectivity index (χ2v) is 11.0. The molecule has 0 radical (unpaired) electrons. The number of anilines is 2. The van der Waals surface area contributed by atoms with Gasteiger partial charge < -0.3 is 30.2 Å². The fourth-order valence-electron chi connectivity index (χ4n) is 5.76. The van der Waals surface area contributed by atoms with Crippen molar-refractivity contribution in [3.05, 3.63) is 63.4 Å². The molecule has 2 bridgehead atoms. The molecule has 3 aromatic heterocycles. The highest BCUT2D eigenvalue weighted by atomic mass is 35.5. The number of likely N-dealkylation sites (N-methyl/N-ethyl adjacent to an activating group) is 1. The number of aromatic nitrogens is 4. The van der Waals surface area contributed by atoms with Crippen LogP contribution in [0.2, 0.25) is 5.02 Å². The third-order valence-electron chi connectivity index (χ3n) is 7.91. The fraction of sp³-hybridized carbons (Fsp3) is 0.296. The third kappa shape index (κ3) is 4.43. The van der Waals surface area contributed by atoms with Crippen LogP contribution in [0.25, 0.3) is 22.2 Å². The summed E-state index contributed by atoms with van der Waals surface area (Å²) in [6, 6.07) is 3.31. The van der Waals surface area contributed by atoms with E-state index in [2.05, 4.69) is 32.1 Å². The lowest BCUT2D eigenvalue weighted by Gasteiger charge is -2.33. The van der Waals surface area contributed by atoms with Crippen LogP contribution in [0.15, 0.2) is 35.6 Å². The van der Waals surface area contributed by atoms with Gasteiger partial charge in [0.05, 0.1) is 34.2 Å². The van der Waals surface area contributed by atoms with Crippen molar-refractivity contribution in [1.29, 1.82) is 0 Å². The van der Waals surface area contributed by atoms with Gasteiger partial charge in [0.25, 0.3) is 11.5 Å². The Labute approximate surface area is 241 Å². The number of hydrogen-bond donors (Lipinski definition) is 3. The van der Waals surface area contributed by atoms with Gasteiger partial charge in [0.2, 0.25) is 11.7 Å². The summed E-state index contributed by atoms with van der Waals surface area (Å²) in [4.78, 5) is 51.3. The second kappa shape index (κ2) is 10.1. The highest BCUT2D eigenvalue weighted by molar-refractivity contribution is 6.33. The topological polar surface area (TPSA) is 152 Å². The highest BCUT2D eigenvalue weighted by Gasteiger charge is 2.42. The SMILES string of the molecule is CN1CC2CC1CN2c1cc(NC(=O)Cn2cc(-c3cc(C(N)=O)c(O)c(F)c3F)c3c(=O)n(C)cnc32)c(Cl)cn1. The quantitative estimate of drug-likeness (QED) is 0.305. The molecule has 0 saturated carbocycles. The van der Waals surface area contributed by atoms with E-state index in [1.165, 1.54) is 30.3 Å². The summed E-state index contributed by atoms with van der Waals surface area (Å²) >= 11 is 6.35. The smallest absolute Gasteiger partial charge is 0.263 e. The molecule has 0 aliphatic carbocycles. The summed E-state index contributed by atoms with van der Waals surface area (Å²) in [5, 5.41) is 12.7. The predicted octanol–water partition coefficient (Wildman–Crippen LogP) is 2.06. The van der Waals surface area contributed by atoms with Gasteiger partial charge in [-0.25, -0.2) is 14.4 Å². The number of likely N-dealkylation sites (tertiary alicyclic amines) is 1. The van der Waals surface area contributed by atoms with Crippen LogP contribution in [-0.4, -0.2) is 73.1 Å². The summed E-state index contributed by atoms with van der Waals surface area (Å²) < 4.78 is 32.0. The summed E-state index contributed by atoms with van der Waals surface area (Å²) in [5.74, 6) is -5.53. The maximum atomic E-state index is 15.1. The van der Waals surface area contributed by atoms with E-state index >= 15 is 4.39 Å². The van der Waals surface area contributed by atoms with E-state index in [1.807, 2.05) is 0 Å². The number of fused-ring (bicyclic) bond motifs is 3. The zero-order valence-electron chi connectivity index (χ0n) is 22.4. The van der Waals surface area contributed by atoms with Crippen LogP contribution < -0.4 is 21.5 Å². The first-order chi connectivity index (χ1) is 19.9. The van der Waals surface area contributed by atoms with Crippen molar-refractivity contribution in [3.8, 4) is 16.9 Å². The number of nitrogens with two attached hydrogens (primary N) is 1. The van der Waals surface area contributed by atoms with Gasteiger partial charge in [0.1, 0.15) is 18.0 Å². The number of phenols is 1. The van der Waals surface area contributed by atoms with E-state index in [4.69, 9.17) is 17.3 Å². The predicted molar refractivity (Wildman–Crippen MR) is 151 cm³/mol. The number of carbonyl (C=O) groups is 2. The monoisotopic (exact) mass is 598 g/mol. The maximum absolute atomic E-state index is 15.1. The Balaban J connectivity index is 1.35. The number of primary amides is 1. The molecule has 0 spiro atoms. The number of carbonyl (C=O) groups excluding carboxylic acids is 2. The summed E-state index contributed by atoms with van der Waals surface area (Å²) in [7, 11) is 3.51. The molecule has 42 heavy (non-hydrogen) atoms. The zero-order chi connectivity index (χ0) is 30.0. The maximum Gasteiger partial charge on any atom is 0.263 e. The van der Waals surface area contributed by atoms with Gasteiger partial charge >= 0.3 is 0 Å². The number of aryl methyl sites for hydroxylation is 1. The number of aromatic hydroxyl groups is 1. The first-order valence-electron chi connectivity index (χ1n) is 12.9. The Morgan fingerprint density at radius 3 is 2.57 bits per heavy atom. The number of nitrogens with zero attached hydrogens (tertiary/aromatic N) is 6. The molecule has 2 fully saturated rings. The molecule has 15 heteroatoms. The Kier molecular flexibility index (Phi) is 6.61. The van der Waals surface area contributed by atoms with Gasteiger partial charge in [-0.3, -0.25) is 19.3 Å². The largest absolute Gasteiger partial charge is 0.504 e. The van der Waals surface area contributed by atoms with Crippen LogP contribution >= 0.6 is 11.6 Å². The molecule has 2 unspecified atom stereocenters. The van der Waals surface area contributed by atoms with Crippen molar-refractivity contribution in [1.82, 2.24) is 24.0 Å². The lowest BCUT2D eigenvalue weighted by molar-refractivity contribution is -0.116. The molecule has 2 aliphatic heterocycles. The van der Waals surface area contributed by atoms with Crippen molar-refractivity contribution in [3.63, 3.8) is 0 Å². The molecule has 2 amide bonds. The molecule has 2 saturated heterocycles. The number of pyridine rings is 1. The normalized spacial score (nSPS) is 18.3. The molecule has 218 valence electrons. The van der Waals surface area contributed by atoms with Crippen molar-refractivity contribution < 1.29 is 23.5 Å². The summed E-state index contributed by atoms with van der Waals surface area (Å²) in [6.07, 6.45) is 4.97. The van der Waals surface area contributed by atoms with Crippen molar-refractivity contribution in [2.75, 3.05) is 30.4 Å². The van der Waals surface area contributed by atoms with E-state index in [0.717, 1.165) is 30.1 Å². The number of rotatable bonds is 6. The van der Waals surface area contributed by atoms with Gasteiger partial charge in [-0.05, 0) is 19.5 Å². The van der Waals surface area contributed by atoms with Gasteiger partial charge in [0, 0.05) is 55.6 Å². The zero-order valence-corrected chi connectivity index (χ0v) is 23.2. The molecule has 2 aliphatic rings. The van der Waals surface area contributed by atoms with Crippen LogP contribution in [0.4, 0.5) is 20.3 Å². The minimum absolute atomic E-state index is 0.00971. The minimum Gasteiger partial charge on any atom is -0.504 e. The third-order valence-corrected chi connectivity index (χ3v) is 8.21. The summed E-state index contributed by atoms with van der Waals surface area (Å²) in [6.45, 7) is 1.35. The second-order valence-electron chi connectivity index (χ2n) is 10.5. The molecule has 12 nitrogen and oxygen atoms in total. The molecule has 4 aromatic rings. The van der Waals surface area contributed by atoms with Crippen molar-refractivity contribution >= 4 is 46.0 Å². The van der Waals surface area contributed by atoms with E-state index in [1.54, 1.807) is 6.07 Å². The van der Waals surface area contributed by atoms with Crippen LogP contribution in [0.5, 0.6) is 5.75 Å². The van der Waals surface area contributed by atoms with Crippen LogP contribution in [0.1, 0.15) is 16.8 Å². The first kappa shape index (κ1) is 27.6. The van der Waals surface area contributed by atoms with Gasteiger partial charge in [-0.2, -0.15) is 4.39 Å². The van der Waals surface area contributed by atoms with Gasteiger partial charge in [-0.1, -0.05) is 11.6 Å². The number of benzene rings is 1. The Hall–Kier alpha value is -4.56. The number of piperazine rings is 1. The lowest BCUT2D eigenvalue weighted by Crippen LogP contribution is -2.44. The number of nitrogens with one attached hydrogen (secondary N) is 1. The first-order valence-corrected chi connectivity index (χ1v) is 13.3. The van der Waals surface area contributed by atoms with Gasteiger partial charge in [0.15, 0.2) is 11.6 Å². The molecule has 6 rings (SSSR count). The highest BCUT2D eigenvalue weighted by Crippen LogP contribution is 2.37. The molecular weight excluding hydrogens is 574 g/mol. The molecule has 4 N–H and O–H groups in total. The average Bonchev–Trinajstić information content (AvgIpc) is 3.63. The number of halogens is 3. The van der Waals surface area contributed by atoms with E-state index < -0.39 is 45.9 Å². The van der Waals surface area contributed by atoms with Crippen molar-refractivity contribution in [2.24, 2.45) is 12.8 Å². The Morgan fingerprint density at radius 1 is 1.14 bits per heavy atom. The van der Waals surface area contributed by atoms with Crippen LogP contribution in [0.3, 0.4) is 0 Å². The average molecular weight is 599 g/mol. The van der Waals surface area contributed by atoms with E-state index in [9.17, 15) is 23.9 Å². The fourth-order valence-corrected chi connectivity index (χ4v) is 5.91. The Morgan fingerprint density at radius 2 is 1.90 bits per heavy atom. The van der Waals surface area contributed by atoms with E-state index in [-0.39, 0.29) is 28.2 Å². The van der Waals surface area contributed by atoms with Crippen molar-refractivity contribution in [2.45, 2.75) is 25.0 Å². The Bertz CT molecular complexity index is 1860.